The molecule has 0 aliphatic rings. The van der Waals surface area contributed by atoms with E-state index in [9.17, 15) is 9.18 Å². The van der Waals surface area contributed by atoms with Crippen molar-refractivity contribution in [2.75, 3.05) is 11.9 Å². The Labute approximate surface area is 112 Å². The summed E-state index contributed by atoms with van der Waals surface area (Å²) < 4.78 is 18.7. The van der Waals surface area contributed by atoms with Crippen LogP contribution in [0.5, 0.6) is 5.75 Å². The third-order valence-electron chi connectivity index (χ3n) is 2.10. The molecule has 2 rings (SSSR count). The molecule has 1 aromatic carbocycles. The molecule has 0 radical (unpaired) electrons. The number of thiazole rings is 1. The van der Waals surface area contributed by atoms with Gasteiger partial charge in [0.25, 0.3) is 11.5 Å². The van der Waals surface area contributed by atoms with Gasteiger partial charge in [-0.05, 0) is 25.1 Å². The lowest BCUT2D eigenvalue weighted by molar-refractivity contribution is -0.118. The summed E-state index contributed by atoms with van der Waals surface area (Å²) in [5.41, 5.74) is -1.36. The van der Waals surface area contributed by atoms with Crippen molar-refractivity contribution in [1.29, 1.82) is 0 Å². The Balaban J connectivity index is 2.24. The zero-order valence-corrected chi connectivity index (χ0v) is 11.0. The maximum atomic E-state index is 12.5. The van der Waals surface area contributed by atoms with Crippen LogP contribution in [-0.4, -0.2) is 23.1 Å². The minimum Gasteiger partial charge on any atom is -0.494 e. The molecule has 1 aromatic heterocycles. The average molecular weight is 289 g/mol. The lowest BCUT2D eigenvalue weighted by Gasteiger charge is -2.00. The van der Waals surface area contributed by atoms with Crippen LogP contribution in [0.15, 0.2) is 18.2 Å². The van der Waals surface area contributed by atoms with Crippen molar-refractivity contribution in [3.8, 4) is 5.75 Å². The molecule has 0 saturated heterocycles. The Morgan fingerprint density at radius 2 is 2.44 bits per heavy atom. The van der Waals surface area contributed by atoms with Crippen LogP contribution in [0.1, 0.15) is 6.92 Å². The fourth-order valence-corrected chi connectivity index (χ4v) is 2.33. The molecule has 1 N–H and O–H groups in total. The first-order chi connectivity index (χ1) is 8.60. The number of hydrogen-bond acceptors (Lipinski definition) is 4. The van der Waals surface area contributed by atoms with Gasteiger partial charge in [-0.25, -0.2) is 9.37 Å². The molecule has 1 atom stereocenters. The molecule has 4 nitrogen and oxygen atoms in total. The quantitative estimate of drug-likeness (QED) is 0.879. The van der Waals surface area contributed by atoms with Gasteiger partial charge in [0.1, 0.15) is 5.75 Å². The van der Waals surface area contributed by atoms with Gasteiger partial charge < -0.3 is 4.74 Å². The standard InChI is InChI=1S/C11H10ClFN2O2S/c1-2-17-6-3-4-7-8(5-6)18-11(14-7)15-10(16)9(12)13/h3-5,9H,2H2,1H3,(H,14,15,16). The predicted molar refractivity (Wildman–Crippen MR) is 70.2 cm³/mol. The summed E-state index contributed by atoms with van der Waals surface area (Å²) >= 11 is 6.26. The van der Waals surface area contributed by atoms with Crippen LogP contribution < -0.4 is 10.1 Å². The number of benzene rings is 1. The molecular weight excluding hydrogens is 279 g/mol. The van der Waals surface area contributed by atoms with Crippen molar-refractivity contribution >= 4 is 44.2 Å². The third kappa shape index (κ3) is 2.88. The van der Waals surface area contributed by atoms with Gasteiger partial charge >= 0.3 is 0 Å². The summed E-state index contributed by atoms with van der Waals surface area (Å²) in [6.45, 7) is 2.47. The van der Waals surface area contributed by atoms with Crippen molar-refractivity contribution < 1.29 is 13.9 Å². The van der Waals surface area contributed by atoms with Gasteiger partial charge in [-0.1, -0.05) is 22.9 Å². The van der Waals surface area contributed by atoms with E-state index in [0.29, 0.717) is 17.3 Å². The van der Waals surface area contributed by atoms with E-state index >= 15 is 0 Å². The van der Waals surface area contributed by atoms with Gasteiger partial charge in [0, 0.05) is 0 Å². The lowest BCUT2D eigenvalue weighted by Crippen LogP contribution is -2.18. The van der Waals surface area contributed by atoms with Crippen molar-refractivity contribution in [3.05, 3.63) is 18.2 Å². The fourth-order valence-electron chi connectivity index (χ4n) is 1.37. The first-order valence-electron chi connectivity index (χ1n) is 5.22. The second-order valence-corrected chi connectivity index (χ2v) is 4.79. The summed E-state index contributed by atoms with van der Waals surface area (Å²) in [4.78, 5) is 15.2. The Kier molecular flexibility index (Phi) is 3.98. The number of alkyl halides is 2. The Hall–Kier alpha value is -1.40. The van der Waals surface area contributed by atoms with Gasteiger partial charge in [-0.2, -0.15) is 0 Å². The number of amides is 1. The highest BCUT2D eigenvalue weighted by Gasteiger charge is 2.15. The number of anilines is 1. The molecule has 7 heteroatoms. The normalized spacial score (nSPS) is 12.4. The number of nitrogens with zero attached hydrogens (tertiary/aromatic N) is 1. The molecule has 1 unspecified atom stereocenters. The molecule has 1 heterocycles. The minimum absolute atomic E-state index is 0.312. The van der Waals surface area contributed by atoms with Crippen LogP contribution in [0.3, 0.4) is 0 Å². The zero-order chi connectivity index (χ0) is 13.1. The first kappa shape index (κ1) is 13.0. The molecular formula is C11H10ClFN2O2S. The van der Waals surface area contributed by atoms with Crippen molar-refractivity contribution in [3.63, 3.8) is 0 Å². The van der Waals surface area contributed by atoms with E-state index in [4.69, 9.17) is 16.3 Å². The van der Waals surface area contributed by atoms with Crippen LogP contribution in [0.25, 0.3) is 10.2 Å². The largest absolute Gasteiger partial charge is 0.494 e. The number of rotatable bonds is 4. The highest BCUT2D eigenvalue weighted by molar-refractivity contribution is 7.22. The number of halogens is 2. The number of fused-ring (bicyclic) bond motifs is 1. The number of carbonyl (C=O) groups excluding carboxylic acids is 1. The topological polar surface area (TPSA) is 51.2 Å². The second kappa shape index (κ2) is 5.49. The highest BCUT2D eigenvalue weighted by atomic mass is 35.5. The fraction of sp³-hybridized carbons (Fsp3) is 0.273. The minimum atomic E-state index is -2.07. The van der Waals surface area contributed by atoms with Gasteiger partial charge in [0.05, 0.1) is 16.8 Å². The van der Waals surface area contributed by atoms with Crippen LogP contribution in [0.4, 0.5) is 9.52 Å². The van der Waals surface area contributed by atoms with E-state index < -0.39 is 11.5 Å². The molecule has 0 bridgehead atoms. The summed E-state index contributed by atoms with van der Waals surface area (Å²) in [6.07, 6.45) is 0. The number of hydrogen-bond donors (Lipinski definition) is 1. The van der Waals surface area contributed by atoms with Crippen molar-refractivity contribution in [2.24, 2.45) is 0 Å². The maximum absolute atomic E-state index is 12.5. The Morgan fingerprint density at radius 3 is 3.11 bits per heavy atom. The Bertz CT molecular complexity index is 573. The molecule has 1 amide bonds. The maximum Gasteiger partial charge on any atom is 0.276 e. The summed E-state index contributed by atoms with van der Waals surface area (Å²) in [7, 11) is 0. The van der Waals surface area contributed by atoms with Crippen LogP contribution >= 0.6 is 22.9 Å². The molecule has 0 aliphatic heterocycles. The molecule has 0 spiro atoms. The number of ether oxygens (including phenoxy) is 1. The number of nitrogens with one attached hydrogen (secondary N) is 1. The van der Waals surface area contributed by atoms with Crippen molar-refractivity contribution in [2.45, 2.75) is 12.6 Å². The predicted octanol–water partition coefficient (Wildman–Crippen LogP) is 3.17. The summed E-state index contributed by atoms with van der Waals surface area (Å²) in [5, 5.41) is 2.61. The smallest absolute Gasteiger partial charge is 0.276 e. The van der Waals surface area contributed by atoms with Crippen LogP contribution in [-0.2, 0) is 4.79 Å². The zero-order valence-electron chi connectivity index (χ0n) is 9.44. The van der Waals surface area contributed by atoms with Crippen LogP contribution in [0.2, 0.25) is 0 Å². The van der Waals surface area contributed by atoms with E-state index in [0.717, 1.165) is 10.4 Å². The van der Waals surface area contributed by atoms with E-state index in [2.05, 4.69) is 10.3 Å². The van der Waals surface area contributed by atoms with Crippen molar-refractivity contribution in [1.82, 2.24) is 4.98 Å². The van der Waals surface area contributed by atoms with Gasteiger partial charge in [0.2, 0.25) is 0 Å². The van der Waals surface area contributed by atoms with E-state index in [-0.39, 0.29) is 0 Å². The van der Waals surface area contributed by atoms with E-state index in [1.54, 1.807) is 12.1 Å². The summed E-state index contributed by atoms with van der Waals surface area (Å²) in [5.74, 6) is -0.187. The highest BCUT2D eigenvalue weighted by Crippen LogP contribution is 2.29. The molecule has 2 aromatic rings. The Morgan fingerprint density at radius 1 is 1.67 bits per heavy atom. The third-order valence-corrected chi connectivity index (χ3v) is 3.23. The van der Waals surface area contributed by atoms with E-state index in [1.807, 2.05) is 13.0 Å². The van der Waals surface area contributed by atoms with Gasteiger partial charge in [0.15, 0.2) is 5.13 Å². The first-order valence-corrected chi connectivity index (χ1v) is 6.48. The molecule has 18 heavy (non-hydrogen) atoms. The van der Waals surface area contributed by atoms with Gasteiger partial charge in [-0.15, -0.1) is 0 Å². The molecule has 0 saturated carbocycles. The number of carbonyl (C=O) groups is 1. The average Bonchev–Trinajstić information content (AvgIpc) is 2.70. The van der Waals surface area contributed by atoms with Crippen LogP contribution in [0, 0.1) is 0 Å². The SMILES string of the molecule is CCOc1ccc2nc(NC(=O)C(F)Cl)sc2c1. The molecule has 0 aliphatic carbocycles. The van der Waals surface area contributed by atoms with Gasteiger partial charge in [-0.3, -0.25) is 10.1 Å². The molecule has 96 valence electrons. The number of aromatic nitrogens is 1. The summed E-state index contributed by atoms with van der Waals surface area (Å²) in [6, 6.07) is 5.39. The second-order valence-electron chi connectivity index (χ2n) is 3.37. The molecule has 0 fully saturated rings. The lowest BCUT2D eigenvalue weighted by atomic mass is 10.3. The van der Waals surface area contributed by atoms with E-state index in [1.165, 1.54) is 11.3 Å². The monoisotopic (exact) mass is 288 g/mol.